The van der Waals surface area contributed by atoms with Crippen molar-refractivity contribution in [3.63, 3.8) is 0 Å². The van der Waals surface area contributed by atoms with Crippen LogP contribution in [-0.2, 0) is 19.0 Å². The number of hydrogen-bond donors (Lipinski definition) is 0. The molecule has 1 unspecified atom stereocenters. The maximum absolute atomic E-state index is 12.1. The fourth-order valence-electron chi connectivity index (χ4n) is 3.31. The highest BCUT2D eigenvalue weighted by Crippen LogP contribution is 2.44. The van der Waals surface area contributed by atoms with Gasteiger partial charge in [-0.3, -0.25) is 4.18 Å². The molecule has 0 radical (unpaired) electrons. The lowest BCUT2D eigenvalue weighted by Crippen LogP contribution is -2.53. The standard InChI is InChI=1S/C16H22O4S/c1-13-5-7-15(8-6-13)21(17,18)19-12-14-11-16(20-14)9-3-2-4-10-16/h5-8,14H,2-4,9-12H2,1H3. The van der Waals surface area contributed by atoms with E-state index in [-0.39, 0.29) is 23.2 Å². The molecule has 0 amide bonds. The molecule has 21 heavy (non-hydrogen) atoms. The zero-order valence-electron chi connectivity index (χ0n) is 12.4. The first-order chi connectivity index (χ1) is 9.99. The van der Waals surface area contributed by atoms with Crippen LogP contribution < -0.4 is 0 Å². The van der Waals surface area contributed by atoms with E-state index in [1.807, 2.05) is 6.92 Å². The van der Waals surface area contributed by atoms with Crippen LogP contribution in [0.4, 0.5) is 0 Å². The van der Waals surface area contributed by atoms with Gasteiger partial charge < -0.3 is 4.74 Å². The molecule has 1 spiro atoms. The third-order valence-electron chi connectivity index (χ3n) is 4.50. The van der Waals surface area contributed by atoms with Crippen molar-refractivity contribution >= 4 is 10.1 Å². The fraction of sp³-hybridized carbons (Fsp3) is 0.625. The second-order valence-electron chi connectivity index (χ2n) is 6.24. The van der Waals surface area contributed by atoms with Crippen LogP contribution in [0.5, 0.6) is 0 Å². The Morgan fingerprint density at radius 2 is 1.81 bits per heavy atom. The van der Waals surface area contributed by atoms with Gasteiger partial charge in [-0.1, -0.05) is 37.0 Å². The summed E-state index contributed by atoms with van der Waals surface area (Å²) in [6.07, 6.45) is 6.78. The highest BCUT2D eigenvalue weighted by atomic mass is 32.2. The normalized spacial score (nSPS) is 24.7. The van der Waals surface area contributed by atoms with Crippen LogP contribution >= 0.6 is 0 Å². The molecule has 0 aromatic heterocycles. The molecule has 0 bridgehead atoms. The van der Waals surface area contributed by atoms with Gasteiger partial charge in [0.25, 0.3) is 10.1 Å². The van der Waals surface area contributed by atoms with E-state index in [4.69, 9.17) is 8.92 Å². The first kappa shape index (κ1) is 15.0. The van der Waals surface area contributed by atoms with E-state index in [0.29, 0.717) is 0 Å². The number of rotatable bonds is 4. The molecular formula is C16H22O4S. The molecule has 0 N–H and O–H groups in total. The van der Waals surface area contributed by atoms with Crippen LogP contribution in [0.3, 0.4) is 0 Å². The Balaban J connectivity index is 1.52. The van der Waals surface area contributed by atoms with Gasteiger partial charge in [-0.2, -0.15) is 8.42 Å². The van der Waals surface area contributed by atoms with Crippen molar-refractivity contribution in [3.05, 3.63) is 29.8 Å². The summed E-state index contributed by atoms with van der Waals surface area (Å²) in [7, 11) is -3.67. The van der Waals surface area contributed by atoms with Gasteiger partial charge in [-0.05, 0) is 31.9 Å². The monoisotopic (exact) mass is 310 g/mol. The number of hydrogen-bond acceptors (Lipinski definition) is 4. The van der Waals surface area contributed by atoms with Gasteiger partial charge in [-0.25, -0.2) is 0 Å². The van der Waals surface area contributed by atoms with Gasteiger partial charge in [0.2, 0.25) is 0 Å². The summed E-state index contributed by atoms with van der Waals surface area (Å²) in [5, 5.41) is 0. The molecule has 3 rings (SSSR count). The molecule has 116 valence electrons. The van der Waals surface area contributed by atoms with E-state index >= 15 is 0 Å². The minimum absolute atomic E-state index is 0.0277. The van der Waals surface area contributed by atoms with Crippen molar-refractivity contribution in [2.45, 2.75) is 62.0 Å². The molecule has 1 aromatic carbocycles. The molecule has 1 saturated heterocycles. The number of ether oxygens (including phenoxy) is 1. The van der Waals surface area contributed by atoms with Crippen molar-refractivity contribution < 1.29 is 17.3 Å². The maximum atomic E-state index is 12.1. The zero-order chi connectivity index (χ0) is 14.9. The molecule has 1 aliphatic carbocycles. The van der Waals surface area contributed by atoms with Gasteiger partial charge in [0.15, 0.2) is 0 Å². The van der Waals surface area contributed by atoms with Gasteiger partial charge in [0.1, 0.15) is 0 Å². The first-order valence-corrected chi connectivity index (χ1v) is 9.04. The van der Waals surface area contributed by atoms with Crippen molar-refractivity contribution in [3.8, 4) is 0 Å². The maximum Gasteiger partial charge on any atom is 0.297 e. The molecule has 5 heteroatoms. The Morgan fingerprint density at radius 1 is 1.19 bits per heavy atom. The van der Waals surface area contributed by atoms with Crippen molar-refractivity contribution in [2.75, 3.05) is 6.61 Å². The molecule has 2 fully saturated rings. The average molecular weight is 310 g/mol. The van der Waals surface area contributed by atoms with Crippen LogP contribution in [0.2, 0.25) is 0 Å². The van der Waals surface area contributed by atoms with E-state index in [1.54, 1.807) is 24.3 Å². The fourth-order valence-corrected chi connectivity index (χ4v) is 4.24. The summed E-state index contributed by atoms with van der Waals surface area (Å²) in [5.74, 6) is 0. The number of benzene rings is 1. The molecule has 1 aliphatic heterocycles. The van der Waals surface area contributed by atoms with E-state index < -0.39 is 10.1 Å². The van der Waals surface area contributed by atoms with Crippen molar-refractivity contribution in [1.29, 1.82) is 0 Å². The first-order valence-electron chi connectivity index (χ1n) is 7.63. The lowest BCUT2D eigenvalue weighted by Gasteiger charge is -2.50. The minimum atomic E-state index is -3.67. The predicted molar refractivity (Wildman–Crippen MR) is 79.6 cm³/mol. The highest BCUT2D eigenvalue weighted by molar-refractivity contribution is 7.86. The zero-order valence-corrected chi connectivity index (χ0v) is 13.2. The summed E-state index contributed by atoms with van der Waals surface area (Å²) < 4.78 is 35.2. The second-order valence-corrected chi connectivity index (χ2v) is 7.85. The third-order valence-corrected chi connectivity index (χ3v) is 5.80. The minimum Gasteiger partial charge on any atom is -0.369 e. The molecule has 1 aromatic rings. The summed E-state index contributed by atoms with van der Waals surface area (Å²) >= 11 is 0. The van der Waals surface area contributed by atoms with E-state index in [2.05, 4.69) is 0 Å². The van der Waals surface area contributed by atoms with E-state index in [1.165, 1.54) is 19.3 Å². The van der Waals surface area contributed by atoms with Gasteiger partial charge in [-0.15, -0.1) is 0 Å². The molecule has 1 saturated carbocycles. The summed E-state index contributed by atoms with van der Waals surface area (Å²) in [6, 6.07) is 6.70. The van der Waals surface area contributed by atoms with Crippen LogP contribution in [0, 0.1) is 6.92 Å². The quantitative estimate of drug-likeness (QED) is 0.801. The predicted octanol–water partition coefficient (Wildman–Crippen LogP) is 3.19. The Hall–Kier alpha value is -0.910. The average Bonchev–Trinajstić information content (AvgIpc) is 2.44. The Kier molecular flexibility index (Phi) is 4.08. The van der Waals surface area contributed by atoms with Crippen LogP contribution in [-0.4, -0.2) is 26.7 Å². The van der Waals surface area contributed by atoms with E-state index in [9.17, 15) is 8.42 Å². The van der Waals surface area contributed by atoms with Gasteiger partial charge in [0.05, 0.1) is 23.2 Å². The van der Waals surface area contributed by atoms with Gasteiger partial charge >= 0.3 is 0 Å². The summed E-state index contributed by atoms with van der Waals surface area (Å²) in [6.45, 7) is 2.04. The molecule has 1 heterocycles. The summed E-state index contributed by atoms with van der Waals surface area (Å²) in [5.41, 5.74) is 1.05. The van der Waals surface area contributed by atoms with Crippen LogP contribution in [0.25, 0.3) is 0 Å². The molecular weight excluding hydrogens is 288 g/mol. The highest BCUT2D eigenvalue weighted by Gasteiger charge is 2.46. The van der Waals surface area contributed by atoms with Crippen molar-refractivity contribution in [2.24, 2.45) is 0 Å². The van der Waals surface area contributed by atoms with Crippen LogP contribution in [0.1, 0.15) is 44.1 Å². The molecule has 2 aliphatic rings. The molecule has 4 nitrogen and oxygen atoms in total. The SMILES string of the molecule is Cc1ccc(S(=O)(=O)OCC2CC3(CCCCC3)O2)cc1. The topological polar surface area (TPSA) is 52.6 Å². The number of aryl methyl sites for hydroxylation is 1. The Labute approximate surface area is 126 Å². The van der Waals surface area contributed by atoms with E-state index in [0.717, 1.165) is 24.8 Å². The lowest BCUT2D eigenvalue weighted by atomic mass is 9.77. The summed E-state index contributed by atoms with van der Waals surface area (Å²) in [4.78, 5) is 0.208. The van der Waals surface area contributed by atoms with Gasteiger partial charge in [0, 0.05) is 6.42 Å². The molecule has 1 atom stereocenters. The third kappa shape index (κ3) is 3.30. The second kappa shape index (κ2) is 5.71. The van der Waals surface area contributed by atoms with Crippen LogP contribution in [0.15, 0.2) is 29.2 Å². The lowest BCUT2D eigenvalue weighted by molar-refractivity contribution is -0.227. The van der Waals surface area contributed by atoms with Crippen molar-refractivity contribution in [1.82, 2.24) is 0 Å². The Bertz CT molecular complexity index is 577. The smallest absolute Gasteiger partial charge is 0.297 e. The largest absolute Gasteiger partial charge is 0.369 e. The Morgan fingerprint density at radius 3 is 2.43 bits per heavy atom.